The Bertz CT molecular complexity index is 1410. The summed E-state index contributed by atoms with van der Waals surface area (Å²) in [7, 11) is 0. The number of hydrogen-bond donors (Lipinski definition) is 3. The van der Waals surface area contributed by atoms with E-state index in [1.54, 1.807) is 18.5 Å². The zero-order chi connectivity index (χ0) is 23.1. The lowest BCUT2D eigenvalue weighted by Crippen LogP contribution is -2.50. The van der Waals surface area contributed by atoms with Gasteiger partial charge in [0.05, 0.1) is 23.2 Å². The van der Waals surface area contributed by atoms with E-state index in [1.807, 2.05) is 35.2 Å². The number of nitrogens with one attached hydrogen (secondary N) is 3. The number of nitrogens with zero attached hydrogens (tertiary/aromatic N) is 3. The molecule has 0 saturated carbocycles. The smallest absolute Gasteiger partial charge is 0.254 e. The molecule has 170 valence electrons. The number of anilines is 1. The Morgan fingerprint density at radius 3 is 2.85 bits per heavy atom. The highest BCUT2D eigenvalue weighted by Gasteiger charge is 2.32. The third-order valence-electron chi connectivity index (χ3n) is 6.81. The third-order valence-corrected chi connectivity index (χ3v) is 6.81. The zero-order valence-electron chi connectivity index (χ0n) is 18.5. The van der Waals surface area contributed by atoms with E-state index in [2.05, 4.69) is 37.9 Å². The number of fused-ring (bicyclic) bond motifs is 3. The maximum Gasteiger partial charge on any atom is 0.254 e. The molecule has 0 aliphatic carbocycles. The molecule has 2 amide bonds. The van der Waals surface area contributed by atoms with Crippen LogP contribution in [-0.4, -0.2) is 51.0 Å². The first-order chi connectivity index (χ1) is 16.7. The fourth-order valence-corrected chi connectivity index (χ4v) is 5.06. The predicted octanol–water partition coefficient (Wildman–Crippen LogP) is 2.92. The molecule has 2 aliphatic rings. The molecular weight excluding hydrogens is 428 g/mol. The Kier molecular flexibility index (Phi) is 4.98. The van der Waals surface area contributed by atoms with Gasteiger partial charge in [-0.2, -0.15) is 5.10 Å². The number of benzene rings is 2. The monoisotopic (exact) mass is 452 g/mol. The minimum atomic E-state index is -0.204. The van der Waals surface area contributed by atoms with E-state index >= 15 is 0 Å². The van der Waals surface area contributed by atoms with Gasteiger partial charge in [0.15, 0.2) is 5.65 Å². The Morgan fingerprint density at radius 2 is 1.94 bits per heavy atom. The number of H-pyrrole nitrogens is 1. The standard InChI is InChI=1S/C26H24N6O2/c33-25(20-9-11-28-24-22(20)14-30-31-24)29-13-18-12-16-4-1-2-5-17(16)15-32(18)26(34)21-6-3-7-23-19(21)8-10-27-23/h1-7,9,11,14,18,27H,8,10,12-13,15H2,(H,29,33)(H,28,30,31). The van der Waals surface area contributed by atoms with Crippen molar-refractivity contribution >= 4 is 28.5 Å². The SMILES string of the molecule is O=C(NCC1Cc2ccccc2CN1C(=O)c1cccc2c1CCN2)c1ccnc2[nH]ncc12. The van der Waals surface area contributed by atoms with Crippen molar-refractivity contribution in [3.8, 4) is 0 Å². The van der Waals surface area contributed by atoms with Crippen LogP contribution in [0.2, 0.25) is 0 Å². The van der Waals surface area contributed by atoms with Crippen LogP contribution < -0.4 is 10.6 Å². The maximum atomic E-state index is 13.8. The van der Waals surface area contributed by atoms with Crippen LogP contribution >= 0.6 is 0 Å². The summed E-state index contributed by atoms with van der Waals surface area (Å²) < 4.78 is 0. The lowest BCUT2D eigenvalue weighted by atomic mass is 9.92. The molecule has 1 atom stereocenters. The average Bonchev–Trinajstić information content (AvgIpc) is 3.55. The summed E-state index contributed by atoms with van der Waals surface area (Å²) in [6.07, 6.45) is 4.72. The first kappa shape index (κ1) is 20.4. The highest BCUT2D eigenvalue weighted by molar-refractivity contribution is 6.05. The Balaban J connectivity index is 1.28. The number of aromatic amines is 1. The Morgan fingerprint density at radius 1 is 1.06 bits per heavy atom. The molecule has 8 nitrogen and oxygen atoms in total. The third kappa shape index (κ3) is 3.48. The van der Waals surface area contributed by atoms with Crippen LogP contribution in [0.3, 0.4) is 0 Å². The number of aromatic nitrogens is 3. The van der Waals surface area contributed by atoms with Crippen LogP contribution in [0.15, 0.2) is 60.9 Å². The van der Waals surface area contributed by atoms with Gasteiger partial charge in [-0.3, -0.25) is 14.7 Å². The molecular formula is C26H24N6O2. The molecule has 8 heteroatoms. The average molecular weight is 453 g/mol. The van der Waals surface area contributed by atoms with Crippen LogP contribution in [-0.2, 0) is 19.4 Å². The van der Waals surface area contributed by atoms with Crippen molar-refractivity contribution in [3.63, 3.8) is 0 Å². The van der Waals surface area contributed by atoms with Gasteiger partial charge in [-0.25, -0.2) is 4.98 Å². The van der Waals surface area contributed by atoms with E-state index in [1.165, 1.54) is 5.56 Å². The molecule has 0 spiro atoms. The molecule has 2 aromatic heterocycles. The summed E-state index contributed by atoms with van der Waals surface area (Å²) in [6.45, 7) is 1.72. The van der Waals surface area contributed by atoms with Crippen LogP contribution in [0.25, 0.3) is 11.0 Å². The molecule has 0 fully saturated rings. The number of carbonyl (C=O) groups excluding carboxylic acids is 2. The summed E-state index contributed by atoms with van der Waals surface area (Å²) in [5.74, 6) is -0.194. The molecule has 0 bridgehead atoms. The number of rotatable bonds is 4. The predicted molar refractivity (Wildman–Crippen MR) is 129 cm³/mol. The van der Waals surface area contributed by atoms with Crippen molar-refractivity contribution in [2.24, 2.45) is 0 Å². The zero-order valence-corrected chi connectivity index (χ0v) is 18.5. The van der Waals surface area contributed by atoms with Gasteiger partial charge >= 0.3 is 0 Å². The van der Waals surface area contributed by atoms with Gasteiger partial charge in [0, 0.05) is 37.1 Å². The molecule has 1 unspecified atom stereocenters. The van der Waals surface area contributed by atoms with Gasteiger partial charge in [0.25, 0.3) is 11.8 Å². The second-order valence-electron chi connectivity index (χ2n) is 8.77. The summed E-state index contributed by atoms with van der Waals surface area (Å²) >= 11 is 0. The molecule has 4 heterocycles. The van der Waals surface area contributed by atoms with Crippen LogP contribution in [0.5, 0.6) is 0 Å². The van der Waals surface area contributed by atoms with Gasteiger partial charge in [-0.05, 0) is 47.7 Å². The molecule has 2 aromatic carbocycles. The molecule has 3 N–H and O–H groups in total. The number of hydrogen-bond acceptors (Lipinski definition) is 5. The lowest BCUT2D eigenvalue weighted by molar-refractivity contribution is 0.0628. The van der Waals surface area contributed by atoms with Crippen molar-refractivity contribution in [2.45, 2.75) is 25.4 Å². The minimum Gasteiger partial charge on any atom is -0.384 e. The molecule has 2 aliphatic heterocycles. The van der Waals surface area contributed by atoms with Crippen molar-refractivity contribution in [1.82, 2.24) is 25.4 Å². The number of pyridine rings is 1. The van der Waals surface area contributed by atoms with Gasteiger partial charge in [-0.15, -0.1) is 0 Å². The first-order valence-electron chi connectivity index (χ1n) is 11.5. The van der Waals surface area contributed by atoms with E-state index in [9.17, 15) is 9.59 Å². The highest BCUT2D eigenvalue weighted by atomic mass is 16.2. The largest absolute Gasteiger partial charge is 0.384 e. The molecule has 4 aromatic rings. The summed E-state index contributed by atoms with van der Waals surface area (Å²) in [5, 5.41) is 13.9. The van der Waals surface area contributed by atoms with E-state index in [-0.39, 0.29) is 17.9 Å². The van der Waals surface area contributed by atoms with E-state index in [4.69, 9.17) is 0 Å². The van der Waals surface area contributed by atoms with Gasteiger partial charge in [-0.1, -0.05) is 30.3 Å². The van der Waals surface area contributed by atoms with Crippen LogP contribution in [0, 0.1) is 0 Å². The lowest BCUT2D eigenvalue weighted by Gasteiger charge is -2.37. The molecule has 0 radical (unpaired) electrons. The fourth-order valence-electron chi connectivity index (χ4n) is 5.06. The van der Waals surface area contributed by atoms with Gasteiger partial charge in [0.2, 0.25) is 0 Å². The summed E-state index contributed by atoms with van der Waals surface area (Å²) in [4.78, 5) is 33.0. The second kappa shape index (κ2) is 8.30. The van der Waals surface area contributed by atoms with E-state index in [0.717, 1.165) is 35.3 Å². The van der Waals surface area contributed by atoms with Crippen molar-refractivity contribution in [1.29, 1.82) is 0 Å². The number of amides is 2. The normalized spacial score (nSPS) is 16.6. The van der Waals surface area contributed by atoms with Gasteiger partial charge in [0.1, 0.15) is 0 Å². The fraction of sp³-hybridized carbons (Fsp3) is 0.231. The van der Waals surface area contributed by atoms with E-state index in [0.29, 0.717) is 36.1 Å². The van der Waals surface area contributed by atoms with Crippen molar-refractivity contribution < 1.29 is 9.59 Å². The van der Waals surface area contributed by atoms with Crippen LogP contribution in [0.1, 0.15) is 37.4 Å². The van der Waals surface area contributed by atoms with E-state index < -0.39 is 0 Å². The van der Waals surface area contributed by atoms with Gasteiger partial charge < -0.3 is 15.5 Å². The molecule has 0 saturated heterocycles. The Hall–Kier alpha value is -4.20. The highest BCUT2D eigenvalue weighted by Crippen LogP contribution is 2.30. The maximum absolute atomic E-state index is 13.8. The van der Waals surface area contributed by atoms with Crippen LogP contribution in [0.4, 0.5) is 5.69 Å². The number of carbonyl (C=O) groups is 2. The molecule has 6 rings (SSSR count). The minimum absolute atomic E-state index is 0.00966. The second-order valence-corrected chi connectivity index (χ2v) is 8.77. The first-order valence-corrected chi connectivity index (χ1v) is 11.5. The van der Waals surface area contributed by atoms with Crippen molar-refractivity contribution in [2.75, 3.05) is 18.4 Å². The summed E-state index contributed by atoms with van der Waals surface area (Å²) in [5.41, 5.74) is 6.31. The quantitative estimate of drug-likeness (QED) is 0.442. The molecule has 34 heavy (non-hydrogen) atoms. The van der Waals surface area contributed by atoms with Crippen molar-refractivity contribution in [3.05, 3.63) is 88.7 Å². The Labute approximate surface area is 196 Å². The topological polar surface area (TPSA) is 103 Å². The summed E-state index contributed by atoms with van der Waals surface area (Å²) in [6, 6.07) is 15.6.